The second-order valence-corrected chi connectivity index (χ2v) is 9.63. The Kier molecular flexibility index (Phi) is 31.0. The minimum absolute atomic E-state index is 0.133. The van der Waals surface area contributed by atoms with Crippen LogP contribution in [0.2, 0.25) is 0 Å². The van der Waals surface area contributed by atoms with Crippen molar-refractivity contribution in [2.24, 2.45) is 0 Å². The number of hydrogen-bond acceptors (Lipinski definition) is 8. The molecule has 0 spiro atoms. The first-order valence-corrected chi connectivity index (χ1v) is 15.3. The van der Waals surface area contributed by atoms with Gasteiger partial charge >= 0.3 is 11.9 Å². The molecule has 0 radical (unpaired) electrons. The fourth-order valence-electron chi connectivity index (χ4n) is 3.83. The van der Waals surface area contributed by atoms with Crippen LogP contribution in [0.1, 0.15) is 117 Å². The summed E-state index contributed by atoms with van der Waals surface area (Å²) in [5, 5.41) is 0. The molecule has 38 heavy (non-hydrogen) atoms. The number of unbranched alkanes of at least 4 members (excludes halogenated alkanes) is 12. The molecule has 0 aromatic rings. The lowest BCUT2D eigenvalue weighted by Crippen LogP contribution is -2.15. The average Bonchev–Trinajstić information content (AvgIpc) is 2.91. The van der Waals surface area contributed by atoms with E-state index in [0.717, 1.165) is 19.3 Å². The van der Waals surface area contributed by atoms with Gasteiger partial charge in [-0.25, -0.2) is 0 Å². The van der Waals surface area contributed by atoms with E-state index in [1.807, 2.05) is 6.92 Å². The van der Waals surface area contributed by atoms with Crippen molar-refractivity contribution in [3.8, 4) is 0 Å². The van der Waals surface area contributed by atoms with E-state index >= 15 is 0 Å². The third-order valence-electron chi connectivity index (χ3n) is 6.04. The second kappa shape index (κ2) is 32.0. The maximum Gasteiger partial charge on any atom is 0.305 e. The van der Waals surface area contributed by atoms with Gasteiger partial charge in [-0.2, -0.15) is 0 Å². The molecule has 8 heteroatoms. The molecule has 0 aromatic carbocycles. The van der Waals surface area contributed by atoms with Crippen LogP contribution in [0.25, 0.3) is 0 Å². The number of rotatable bonds is 31. The van der Waals surface area contributed by atoms with Gasteiger partial charge in [-0.05, 0) is 12.8 Å². The highest BCUT2D eigenvalue weighted by molar-refractivity contribution is 5.69. The molecule has 0 saturated heterocycles. The maximum absolute atomic E-state index is 11.8. The summed E-state index contributed by atoms with van der Waals surface area (Å²) >= 11 is 0. The topological polar surface area (TPSA) is 89.5 Å². The number of ether oxygens (including phenoxy) is 6. The fourth-order valence-corrected chi connectivity index (χ4v) is 3.83. The molecule has 226 valence electrons. The lowest BCUT2D eigenvalue weighted by molar-refractivity contribution is -0.146. The molecule has 0 aliphatic carbocycles. The number of hydrogen-bond donors (Lipinski definition) is 0. The first-order valence-electron chi connectivity index (χ1n) is 15.3. The van der Waals surface area contributed by atoms with Crippen LogP contribution < -0.4 is 0 Å². The Bertz CT molecular complexity index is 501. The SMILES string of the molecule is CCCCCCCCCCCCCCCC(=O)OCCOCCOCCOCCOCCOC(=O)CCC. The lowest BCUT2D eigenvalue weighted by Gasteiger charge is -2.08. The molecule has 0 atom stereocenters. The van der Waals surface area contributed by atoms with Gasteiger partial charge in [-0.1, -0.05) is 90.9 Å². The van der Waals surface area contributed by atoms with Crippen LogP contribution in [-0.4, -0.2) is 78.0 Å². The summed E-state index contributed by atoms with van der Waals surface area (Å²) in [5.74, 6) is -0.318. The van der Waals surface area contributed by atoms with Crippen LogP contribution in [0.5, 0.6) is 0 Å². The minimum Gasteiger partial charge on any atom is -0.463 e. The van der Waals surface area contributed by atoms with Gasteiger partial charge < -0.3 is 28.4 Å². The minimum atomic E-state index is -0.185. The van der Waals surface area contributed by atoms with Crippen molar-refractivity contribution in [3.05, 3.63) is 0 Å². The molecule has 0 aliphatic rings. The van der Waals surface area contributed by atoms with Gasteiger partial charge in [0.15, 0.2) is 0 Å². The lowest BCUT2D eigenvalue weighted by atomic mass is 10.0. The Morgan fingerprint density at radius 2 is 0.684 bits per heavy atom. The van der Waals surface area contributed by atoms with Gasteiger partial charge in [-0.15, -0.1) is 0 Å². The van der Waals surface area contributed by atoms with Crippen molar-refractivity contribution in [3.63, 3.8) is 0 Å². The van der Waals surface area contributed by atoms with Crippen molar-refractivity contribution in [1.82, 2.24) is 0 Å². The van der Waals surface area contributed by atoms with E-state index in [1.54, 1.807) is 0 Å². The summed E-state index contributed by atoms with van der Waals surface area (Å²) in [4.78, 5) is 23.0. The van der Waals surface area contributed by atoms with Crippen molar-refractivity contribution < 1.29 is 38.0 Å². The normalized spacial score (nSPS) is 11.1. The van der Waals surface area contributed by atoms with E-state index in [2.05, 4.69) is 6.92 Å². The number of carbonyl (C=O) groups is 2. The molecule has 0 rings (SSSR count). The summed E-state index contributed by atoms with van der Waals surface area (Å²) in [6.07, 6.45) is 18.6. The molecular weight excluding hydrogens is 488 g/mol. The van der Waals surface area contributed by atoms with Gasteiger partial charge in [0.25, 0.3) is 0 Å². The molecule has 0 amide bonds. The van der Waals surface area contributed by atoms with Crippen molar-refractivity contribution >= 4 is 11.9 Å². The van der Waals surface area contributed by atoms with Gasteiger partial charge in [0.1, 0.15) is 13.2 Å². The Morgan fingerprint density at radius 1 is 0.368 bits per heavy atom. The third-order valence-corrected chi connectivity index (χ3v) is 6.04. The van der Waals surface area contributed by atoms with Crippen LogP contribution in [0, 0.1) is 0 Å². The van der Waals surface area contributed by atoms with Crippen molar-refractivity contribution in [1.29, 1.82) is 0 Å². The standard InChI is InChI=1S/C30H58O8/c1-3-5-6-7-8-9-10-11-12-13-14-15-16-18-30(32)38-28-26-36-24-22-34-20-19-33-21-23-35-25-27-37-29(31)17-4-2/h3-28H2,1-2H3. The van der Waals surface area contributed by atoms with Gasteiger partial charge in [0.05, 0.1) is 52.9 Å². The van der Waals surface area contributed by atoms with Gasteiger partial charge in [-0.3, -0.25) is 9.59 Å². The molecule has 8 nitrogen and oxygen atoms in total. The molecule has 0 unspecified atom stereocenters. The molecule has 0 heterocycles. The molecule has 0 bridgehead atoms. The summed E-state index contributed by atoms with van der Waals surface area (Å²) in [6, 6.07) is 0. The van der Waals surface area contributed by atoms with E-state index in [1.165, 1.54) is 70.6 Å². The van der Waals surface area contributed by atoms with Crippen LogP contribution >= 0.6 is 0 Å². The fraction of sp³-hybridized carbons (Fsp3) is 0.933. The van der Waals surface area contributed by atoms with Gasteiger partial charge in [0.2, 0.25) is 0 Å². The Balaban J connectivity index is 3.17. The van der Waals surface area contributed by atoms with Crippen molar-refractivity contribution in [2.75, 3.05) is 66.1 Å². The van der Waals surface area contributed by atoms with Crippen LogP contribution in [0.3, 0.4) is 0 Å². The number of esters is 2. The third kappa shape index (κ3) is 31.0. The smallest absolute Gasteiger partial charge is 0.305 e. The van der Waals surface area contributed by atoms with Crippen molar-refractivity contribution in [2.45, 2.75) is 117 Å². The predicted molar refractivity (Wildman–Crippen MR) is 150 cm³/mol. The highest BCUT2D eigenvalue weighted by Gasteiger charge is 2.03. The monoisotopic (exact) mass is 546 g/mol. The largest absolute Gasteiger partial charge is 0.463 e. The summed E-state index contributed by atoms with van der Waals surface area (Å²) in [5.41, 5.74) is 0. The number of carbonyl (C=O) groups excluding carboxylic acids is 2. The quantitative estimate of drug-likeness (QED) is 0.0727. The van der Waals surface area contributed by atoms with Gasteiger partial charge in [0, 0.05) is 12.8 Å². The highest BCUT2D eigenvalue weighted by atomic mass is 16.6. The molecule has 0 fully saturated rings. The van der Waals surface area contributed by atoms with E-state index in [9.17, 15) is 9.59 Å². The zero-order valence-corrected chi connectivity index (χ0v) is 24.7. The zero-order chi connectivity index (χ0) is 27.8. The Morgan fingerprint density at radius 3 is 1.05 bits per heavy atom. The summed E-state index contributed by atoms with van der Waals surface area (Å²) < 4.78 is 31.8. The van der Waals surface area contributed by atoms with E-state index in [0.29, 0.717) is 65.7 Å². The molecule has 0 saturated carbocycles. The summed E-state index contributed by atoms with van der Waals surface area (Å²) in [6.45, 7) is 8.32. The molecule has 0 aromatic heterocycles. The first kappa shape index (κ1) is 36.8. The maximum atomic E-state index is 11.8. The van der Waals surface area contributed by atoms with E-state index in [-0.39, 0.29) is 25.2 Å². The average molecular weight is 547 g/mol. The van der Waals surface area contributed by atoms with E-state index in [4.69, 9.17) is 28.4 Å². The Labute approximate surface area is 232 Å². The zero-order valence-electron chi connectivity index (χ0n) is 24.7. The molecular formula is C30H58O8. The highest BCUT2D eigenvalue weighted by Crippen LogP contribution is 2.13. The summed E-state index contributed by atoms with van der Waals surface area (Å²) in [7, 11) is 0. The van der Waals surface area contributed by atoms with Crippen LogP contribution in [0.15, 0.2) is 0 Å². The van der Waals surface area contributed by atoms with E-state index < -0.39 is 0 Å². The molecule has 0 aliphatic heterocycles. The van der Waals surface area contributed by atoms with Crippen LogP contribution in [-0.2, 0) is 38.0 Å². The first-order chi connectivity index (χ1) is 18.7. The molecule has 0 N–H and O–H groups in total. The predicted octanol–water partition coefficient (Wildman–Crippen LogP) is 6.42. The van der Waals surface area contributed by atoms with Crippen LogP contribution in [0.4, 0.5) is 0 Å². The second-order valence-electron chi connectivity index (χ2n) is 9.63. The Hall–Kier alpha value is -1.22.